The molecule has 2 fully saturated rings. The Balaban J connectivity index is 1.55. The molecule has 0 spiro atoms. The van der Waals surface area contributed by atoms with Crippen molar-refractivity contribution >= 4 is 45.6 Å². The molecule has 0 N–H and O–H groups in total. The highest BCUT2D eigenvalue weighted by atomic mass is 79.9. The first kappa shape index (κ1) is 18.7. The van der Waals surface area contributed by atoms with Gasteiger partial charge in [-0.3, -0.25) is 9.59 Å². The summed E-state index contributed by atoms with van der Waals surface area (Å²) in [5.74, 6) is 0.00642. The van der Waals surface area contributed by atoms with E-state index in [2.05, 4.69) is 33.2 Å². The van der Waals surface area contributed by atoms with E-state index in [1.54, 1.807) is 12.1 Å². The van der Waals surface area contributed by atoms with Gasteiger partial charge in [-0.05, 0) is 72.7 Å². The molecular formula is C20H20BrClN2O3. The van der Waals surface area contributed by atoms with Crippen molar-refractivity contribution in [3.63, 3.8) is 0 Å². The molecule has 1 heterocycles. The van der Waals surface area contributed by atoms with Crippen LogP contribution < -0.4 is 4.74 Å². The molecule has 0 radical (unpaired) electrons. The molecule has 27 heavy (non-hydrogen) atoms. The van der Waals surface area contributed by atoms with Gasteiger partial charge < -0.3 is 4.74 Å². The first-order chi connectivity index (χ1) is 12.7. The second kappa shape index (κ2) is 6.45. The van der Waals surface area contributed by atoms with Crippen molar-refractivity contribution in [3.05, 3.63) is 39.3 Å². The third kappa shape index (κ3) is 3.23. The molecule has 5 nitrogen and oxygen atoms in total. The van der Waals surface area contributed by atoms with Gasteiger partial charge >= 0.3 is 0 Å². The summed E-state index contributed by atoms with van der Waals surface area (Å²) in [6, 6.07) is 3.50. The van der Waals surface area contributed by atoms with E-state index < -0.39 is 0 Å². The minimum Gasteiger partial charge on any atom is -0.485 e. The number of allylic oxidation sites excluding steroid dienone is 2. The van der Waals surface area contributed by atoms with Crippen molar-refractivity contribution < 1.29 is 14.3 Å². The predicted molar refractivity (Wildman–Crippen MR) is 107 cm³/mol. The molecule has 1 saturated heterocycles. The van der Waals surface area contributed by atoms with Gasteiger partial charge in [-0.25, -0.2) is 0 Å². The largest absolute Gasteiger partial charge is 0.485 e. The van der Waals surface area contributed by atoms with Gasteiger partial charge in [0.1, 0.15) is 5.60 Å². The number of rotatable bonds is 3. The van der Waals surface area contributed by atoms with Crippen LogP contribution in [0.1, 0.15) is 32.8 Å². The molecule has 4 rings (SSSR count). The van der Waals surface area contributed by atoms with E-state index in [0.29, 0.717) is 20.8 Å². The van der Waals surface area contributed by atoms with Gasteiger partial charge in [0.05, 0.1) is 27.5 Å². The zero-order valence-corrected chi connectivity index (χ0v) is 17.6. The fourth-order valence-electron chi connectivity index (χ4n) is 4.18. The van der Waals surface area contributed by atoms with E-state index in [9.17, 15) is 9.59 Å². The van der Waals surface area contributed by atoms with Crippen molar-refractivity contribution in [1.29, 1.82) is 0 Å². The summed E-state index contributed by atoms with van der Waals surface area (Å²) in [6.07, 6.45) is 6.52. The Bertz CT molecular complexity index is 837. The van der Waals surface area contributed by atoms with E-state index in [4.69, 9.17) is 16.3 Å². The maximum atomic E-state index is 12.7. The zero-order valence-electron chi connectivity index (χ0n) is 15.3. The highest BCUT2D eigenvalue weighted by molar-refractivity contribution is 9.10. The number of ether oxygens (including phenoxy) is 1. The van der Waals surface area contributed by atoms with Crippen molar-refractivity contribution in [3.8, 4) is 5.75 Å². The van der Waals surface area contributed by atoms with Gasteiger partial charge in [0, 0.05) is 0 Å². The van der Waals surface area contributed by atoms with Crippen LogP contribution in [-0.2, 0) is 9.59 Å². The number of carbonyl (C=O) groups is 2. The predicted octanol–water partition coefficient (Wildman–Crippen LogP) is 4.42. The molecule has 0 aromatic heterocycles. The van der Waals surface area contributed by atoms with Crippen LogP contribution in [0.2, 0.25) is 5.02 Å². The molecular weight excluding hydrogens is 432 g/mol. The lowest BCUT2D eigenvalue weighted by atomic mass is 9.85. The van der Waals surface area contributed by atoms with Crippen LogP contribution >= 0.6 is 27.5 Å². The number of benzene rings is 1. The lowest BCUT2D eigenvalue weighted by Crippen LogP contribution is -2.28. The summed E-state index contributed by atoms with van der Waals surface area (Å²) in [5.41, 5.74) is 0.285. The second-order valence-electron chi connectivity index (χ2n) is 8.26. The number of nitrogens with zero attached hydrogens (tertiary/aromatic N) is 2. The number of amides is 2. The Labute approximate surface area is 171 Å². The third-order valence-corrected chi connectivity index (χ3v) is 6.07. The molecule has 1 saturated carbocycles. The van der Waals surface area contributed by atoms with Gasteiger partial charge in [-0.15, -0.1) is 0 Å². The van der Waals surface area contributed by atoms with E-state index in [-0.39, 0.29) is 41.1 Å². The van der Waals surface area contributed by atoms with Gasteiger partial charge in [-0.2, -0.15) is 10.1 Å². The molecule has 4 atom stereocenters. The van der Waals surface area contributed by atoms with Crippen molar-refractivity contribution in [2.75, 3.05) is 0 Å². The molecule has 1 aliphatic heterocycles. The molecule has 1 aromatic carbocycles. The van der Waals surface area contributed by atoms with Gasteiger partial charge in [0.15, 0.2) is 5.75 Å². The van der Waals surface area contributed by atoms with Crippen LogP contribution in [0.25, 0.3) is 0 Å². The fraction of sp³-hybridized carbons (Fsp3) is 0.450. The normalized spacial score (nSPS) is 29.3. The lowest BCUT2D eigenvalue weighted by Gasteiger charge is -2.23. The number of carbonyl (C=O) groups excluding carboxylic acids is 2. The Morgan fingerprint density at radius 1 is 1.19 bits per heavy atom. The summed E-state index contributed by atoms with van der Waals surface area (Å²) < 4.78 is 6.55. The number of hydrogen-bond acceptors (Lipinski definition) is 4. The average Bonchev–Trinajstić information content (AvgIpc) is 3.23. The molecule has 2 amide bonds. The van der Waals surface area contributed by atoms with Gasteiger partial charge in [-0.1, -0.05) is 23.8 Å². The quantitative estimate of drug-likeness (QED) is 0.388. The molecule has 4 unspecified atom stereocenters. The smallest absolute Gasteiger partial charge is 0.254 e. The number of hydrazone groups is 1. The summed E-state index contributed by atoms with van der Waals surface area (Å²) in [5, 5.41) is 5.64. The minimum atomic E-state index is -0.388. The minimum absolute atomic E-state index is 0.175. The van der Waals surface area contributed by atoms with Crippen LogP contribution in [0, 0.1) is 23.7 Å². The number of hydrogen-bond donors (Lipinski definition) is 0. The Morgan fingerprint density at radius 2 is 1.78 bits per heavy atom. The topological polar surface area (TPSA) is 59.0 Å². The first-order valence-electron chi connectivity index (χ1n) is 8.94. The number of halogens is 2. The zero-order chi connectivity index (χ0) is 19.5. The van der Waals surface area contributed by atoms with Crippen LogP contribution in [0.15, 0.2) is 33.9 Å². The van der Waals surface area contributed by atoms with Crippen LogP contribution in [0.5, 0.6) is 5.75 Å². The Hall–Kier alpha value is -1.66. The first-order valence-corrected chi connectivity index (χ1v) is 10.1. The highest BCUT2D eigenvalue weighted by Gasteiger charge is 2.59. The van der Waals surface area contributed by atoms with Crippen LogP contribution in [0.4, 0.5) is 0 Å². The van der Waals surface area contributed by atoms with Crippen molar-refractivity contribution in [2.45, 2.75) is 32.8 Å². The Kier molecular flexibility index (Phi) is 4.47. The van der Waals surface area contributed by atoms with E-state index in [1.807, 2.05) is 20.8 Å². The molecule has 7 heteroatoms. The van der Waals surface area contributed by atoms with E-state index >= 15 is 0 Å². The summed E-state index contributed by atoms with van der Waals surface area (Å²) >= 11 is 9.81. The van der Waals surface area contributed by atoms with Crippen molar-refractivity contribution in [2.24, 2.45) is 28.8 Å². The van der Waals surface area contributed by atoms with Gasteiger partial charge in [0.25, 0.3) is 11.8 Å². The highest BCUT2D eigenvalue weighted by Crippen LogP contribution is 2.52. The monoisotopic (exact) mass is 450 g/mol. The van der Waals surface area contributed by atoms with Gasteiger partial charge in [0.2, 0.25) is 0 Å². The standard InChI is InChI=1S/C20H20BrClN2O3/c1-20(2,3)27-17-13(21)6-10(7-14(17)22)9-23-24-18(25)15-11-4-5-12(8-11)16(15)19(24)26/h4-7,9,11-12,15-16H,8H2,1-3H3. The number of fused-ring (bicyclic) bond motifs is 5. The van der Waals surface area contributed by atoms with E-state index in [1.165, 1.54) is 6.21 Å². The molecule has 1 aromatic rings. The average molecular weight is 452 g/mol. The maximum Gasteiger partial charge on any atom is 0.254 e. The maximum absolute atomic E-state index is 12.7. The Morgan fingerprint density at radius 3 is 2.30 bits per heavy atom. The molecule has 2 bridgehead atoms. The fourth-order valence-corrected chi connectivity index (χ4v) is 5.12. The van der Waals surface area contributed by atoms with Crippen LogP contribution in [0.3, 0.4) is 0 Å². The summed E-state index contributed by atoms with van der Waals surface area (Å²) in [7, 11) is 0. The van der Waals surface area contributed by atoms with Crippen LogP contribution in [-0.4, -0.2) is 28.6 Å². The molecule has 142 valence electrons. The summed E-state index contributed by atoms with van der Waals surface area (Å²) in [4.78, 5) is 25.3. The second-order valence-corrected chi connectivity index (χ2v) is 9.52. The van der Waals surface area contributed by atoms with E-state index in [0.717, 1.165) is 11.4 Å². The SMILES string of the molecule is CC(C)(C)Oc1c(Cl)cc(C=NN2C(=O)C3C4C=CC(C4)C3C2=O)cc1Br. The molecule has 2 aliphatic carbocycles. The van der Waals surface area contributed by atoms with Crippen molar-refractivity contribution in [1.82, 2.24) is 5.01 Å². The third-order valence-electron chi connectivity index (χ3n) is 5.20. The molecule has 3 aliphatic rings. The summed E-state index contributed by atoms with van der Waals surface area (Å²) in [6.45, 7) is 5.82. The number of imide groups is 1. The lowest BCUT2D eigenvalue weighted by molar-refractivity contribution is -0.140.